The minimum absolute atomic E-state index is 0.0819. The number of hydrazine groups is 1. The van der Waals surface area contributed by atoms with Gasteiger partial charge >= 0.3 is 12.1 Å². The molecule has 0 aliphatic carbocycles. The fourth-order valence-corrected chi connectivity index (χ4v) is 2.80. The van der Waals surface area contributed by atoms with E-state index in [9.17, 15) is 22.8 Å². The van der Waals surface area contributed by atoms with Crippen molar-refractivity contribution in [3.05, 3.63) is 48.0 Å². The Morgan fingerprint density at radius 1 is 1.15 bits per heavy atom. The van der Waals surface area contributed by atoms with Crippen LogP contribution in [0, 0.1) is 5.92 Å². The number of nitrogens with zero attached hydrogens (tertiary/aromatic N) is 2. The number of piperidine rings is 1. The van der Waals surface area contributed by atoms with Gasteiger partial charge in [-0.25, -0.2) is 4.98 Å². The van der Waals surface area contributed by atoms with Gasteiger partial charge in [0.2, 0.25) is 5.91 Å². The molecule has 3 heterocycles. The summed E-state index contributed by atoms with van der Waals surface area (Å²) in [4.78, 5) is 29.6. The monoisotopic (exact) mass is 382 g/mol. The number of hydrogen-bond donors (Lipinski definition) is 2. The number of rotatable bonds is 3. The van der Waals surface area contributed by atoms with E-state index in [0.29, 0.717) is 31.7 Å². The van der Waals surface area contributed by atoms with Crippen LogP contribution in [0.2, 0.25) is 0 Å². The third-order valence-electron chi connectivity index (χ3n) is 4.31. The molecule has 0 atom stereocenters. The van der Waals surface area contributed by atoms with E-state index in [4.69, 9.17) is 4.42 Å². The minimum Gasteiger partial charge on any atom is -0.459 e. The van der Waals surface area contributed by atoms with E-state index >= 15 is 0 Å². The first-order chi connectivity index (χ1) is 12.8. The lowest BCUT2D eigenvalue weighted by Gasteiger charge is -2.32. The van der Waals surface area contributed by atoms with Crippen LogP contribution in [0.3, 0.4) is 0 Å². The highest BCUT2D eigenvalue weighted by molar-refractivity contribution is 5.93. The Hall–Kier alpha value is -3.04. The van der Waals surface area contributed by atoms with Crippen LogP contribution in [0.4, 0.5) is 19.0 Å². The van der Waals surface area contributed by atoms with Gasteiger partial charge in [0.1, 0.15) is 5.82 Å². The van der Waals surface area contributed by atoms with Gasteiger partial charge in [-0.2, -0.15) is 13.2 Å². The Balaban J connectivity index is 1.48. The van der Waals surface area contributed by atoms with Crippen molar-refractivity contribution in [3.8, 4) is 0 Å². The summed E-state index contributed by atoms with van der Waals surface area (Å²) in [6.07, 6.45) is -1.28. The first kappa shape index (κ1) is 18.7. The normalized spacial score (nSPS) is 15.4. The zero-order valence-electron chi connectivity index (χ0n) is 14.1. The number of amides is 2. The van der Waals surface area contributed by atoms with E-state index < -0.39 is 17.6 Å². The third kappa shape index (κ3) is 4.57. The van der Waals surface area contributed by atoms with Crippen LogP contribution < -0.4 is 15.8 Å². The summed E-state index contributed by atoms with van der Waals surface area (Å²) in [5.74, 6) is -0.672. The summed E-state index contributed by atoms with van der Waals surface area (Å²) in [7, 11) is 0. The molecule has 0 saturated carbocycles. The van der Waals surface area contributed by atoms with Crippen molar-refractivity contribution < 1.29 is 27.2 Å². The van der Waals surface area contributed by atoms with Gasteiger partial charge in [-0.05, 0) is 37.1 Å². The van der Waals surface area contributed by atoms with Crippen molar-refractivity contribution in [2.75, 3.05) is 18.0 Å². The van der Waals surface area contributed by atoms with Crippen molar-refractivity contribution in [3.63, 3.8) is 0 Å². The minimum atomic E-state index is -4.42. The van der Waals surface area contributed by atoms with E-state index in [1.165, 1.54) is 18.4 Å². The first-order valence-electron chi connectivity index (χ1n) is 8.26. The number of carbonyl (C=O) groups excluding carboxylic acids is 2. The van der Waals surface area contributed by atoms with Gasteiger partial charge in [0.15, 0.2) is 5.76 Å². The van der Waals surface area contributed by atoms with E-state index in [1.54, 1.807) is 6.07 Å². The lowest BCUT2D eigenvalue weighted by Crippen LogP contribution is -2.47. The molecule has 3 rings (SSSR count). The molecular weight excluding hydrogens is 365 g/mol. The number of hydrogen-bond acceptors (Lipinski definition) is 5. The highest BCUT2D eigenvalue weighted by Crippen LogP contribution is 2.30. The summed E-state index contributed by atoms with van der Waals surface area (Å²) in [5.41, 5.74) is 3.84. The van der Waals surface area contributed by atoms with Crippen molar-refractivity contribution in [1.29, 1.82) is 0 Å². The van der Waals surface area contributed by atoms with Crippen molar-refractivity contribution >= 4 is 17.6 Å². The van der Waals surface area contributed by atoms with Gasteiger partial charge in [0.05, 0.1) is 11.8 Å². The van der Waals surface area contributed by atoms with Crippen molar-refractivity contribution in [2.24, 2.45) is 5.92 Å². The van der Waals surface area contributed by atoms with Crippen LogP contribution in [-0.4, -0.2) is 29.9 Å². The van der Waals surface area contributed by atoms with Gasteiger partial charge in [0, 0.05) is 25.2 Å². The van der Waals surface area contributed by atoms with Gasteiger partial charge in [-0.15, -0.1) is 0 Å². The van der Waals surface area contributed by atoms with Crippen LogP contribution in [0.15, 0.2) is 41.1 Å². The Bertz CT molecular complexity index is 783. The number of carbonyl (C=O) groups is 2. The maximum absolute atomic E-state index is 12.6. The van der Waals surface area contributed by atoms with E-state index in [2.05, 4.69) is 15.8 Å². The molecule has 1 saturated heterocycles. The molecule has 0 aromatic carbocycles. The zero-order chi connectivity index (χ0) is 19.4. The van der Waals surface area contributed by atoms with Crippen LogP contribution in [0.25, 0.3) is 0 Å². The quantitative estimate of drug-likeness (QED) is 0.796. The van der Waals surface area contributed by atoms with E-state index in [1.807, 2.05) is 4.90 Å². The number of aromatic nitrogens is 1. The van der Waals surface area contributed by atoms with Gasteiger partial charge < -0.3 is 9.32 Å². The molecule has 0 radical (unpaired) electrons. The molecule has 10 heteroatoms. The third-order valence-corrected chi connectivity index (χ3v) is 4.31. The lowest BCUT2D eigenvalue weighted by molar-refractivity contribution is -0.137. The largest absolute Gasteiger partial charge is 0.459 e. The molecule has 7 nitrogen and oxygen atoms in total. The maximum atomic E-state index is 12.6. The molecule has 2 amide bonds. The van der Waals surface area contributed by atoms with E-state index in [0.717, 1.165) is 12.3 Å². The number of alkyl halides is 3. The second-order valence-corrected chi connectivity index (χ2v) is 6.08. The maximum Gasteiger partial charge on any atom is 0.417 e. The summed E-state index contributed by atoms with van der Waals surface area (Å²) in [5, 5.41) is 0. The Labute approximate surface area is 152 Å². The number of nitrogens with one attached hydrogen (secondary N) is 2. The second-order valence-electron chi connectivity index (χ2n) is 6.08. The molecule has 0 unspecified atom stereocenters. The number of halogens is 3. The molecule has 2 aromatic rings. The van der Waals surface area contributed by atoms with E-state index in [-0.39, 0.29) is 17.6 Å². The molecule has 1 aliphatic rings. The molecular formula is C17H17F3N4O3. The molecule has 27 heavy (non-hydrogen) atoms. The highest BCUT2D eigenvalue weighted by atomic mass is 19.4. The van der Waals surface area contributed by atoms with Crippen LogP contribution >= 0.6 is 0 Å². The lowest BCUT2D eigenvalue weighted by atomic mass is 9.96. The van der Waals surface area contributed by atoms with Crippen molar-refractivity contribution in [1.82, 2.24) is 15.8 Å². The molecule has 1 aliphatic heterocycles. The predicted octanol–water partition coefficient (Wildman–Crippen LogP) is 2.37. The average molecular weight is 382 g/mol. The summed E-state index contributed by atoms with van der Waals surface area (Å²) < 4.78 is 42.7. The predicted molar refractivity (Wildman–Crippen MR) is 88.5 cm³/mol. The van der Waals surface area contributed by atoms with Gasteiger partial charge in [0.25, 0.3) is 0 Å². The Kier molecular flexibility index (Phi) is 5.33. The fourth-order valence-electron chi connectivity index (χ4n) is 2.80. The fraction of sp³-hybridized carbons (Fsp3) is 0.353. The SMILES string of the molecule is O=C(NNC(=O)C1CCN(c2ccc(C(F)(F)F)cn2)CC1)c1ccco1. The van der Waals surface area contributed by atoms with Crippen LogP contribution in [-0.2, 0) is 11.0 Å². The summed E-state index contributed by atoms with van der Waals surface area (Å²) >= 11 is 0. The molecule has 1 fully saturated rings. The second kappa shape index (κ2) is 7.68. The Morgan fingerprint density at radius 2 is 1.89 bits per heavy atom. The van der Waals surface area contributed by atoms with Gasteiger partial charge in [-0.3, -0.25) is 20.4 Å². The van der Waals surface area contributed by atoms with Crippen LogP contribution in [0.1, 0.15) is 29.0 Å². The standard InChI is InChI=1S/C17H17F3N4O3/c18-17(19,20)12-3-4-14(21-10-12)24-7-5-11(6-8-24)15(25)22-23-16(26)13-2-1-9-27-13/h1-4,9-11H,5-8H2,(H,22,25)(H,23,26). The zero-order valence-corrected chi connectivity index (χ0v) is 14.1. The van der Waals surface area contributed by atoms with Crippen LogP contribution in [0.5, 0.6) is 0 Å². The molecule has 2 N–H and O–H groups in total. The number of furan rings is 1. The van der Waals surface area contributed by atoms with Crippen molar-refractivity contribution in [2.45, 2.75) is 19.0 Å². The first-order valence-corrected chi connectivity index (χ1v) is 8.26. The summed E-state index contributed by atoms with van der Waals surface area (Å²) in [6.45, 7) is 0.950. The molecule has 2 aromatic heterocycles. The van der Waals surface area contributed by atoms with Gasteiger partial charge in [-0.1, -0.05) is 0 Å². The number of anilines is 1. The molecule has 144 valence electrons. The number of pyridine rings is 1. The smallest absolute Gasteiger partial charge is 0.417 e. The average Bonchev–Trinajstić information content (AvgIpc) is 3.20. The highest BCUT2D eigenvalue weighted by Gasteiger charge is 2.31. The Morgan fingerprint density at radius 3 is 2.44 bits per heavy atom. The molecule has 0 spiro atoms. The topological polar surface area (TPSA) is 87.5 Å². The summed E-state index contributed by atoms with van der Waals surface area (Å²) in [6, 6.07) is 5.34. The molecule has 0 bridgehead atoms.